The molecule has 0 atom stereocenters. The van der Waals surface area contributed by atoms with E-state index in [-0.39, 0.29) is 0 Å². The van der Waals surface area contributed by atoms with Crippen LogP contribution in [-0.4, -0.2) is 16.0 Å². The smallest absolute Gasteiger partial charge is 0.298 e. The molecule has 1 aromatic heterocycles. The molecule has 0 aliphatic heterocycles. The van der Waals surface area contributed by atoms with Crippen LogP contribution >= 0.6 is 0 Å². The standard InChI is InChI=1S/C12H12N2O2/c1-14-7-6-13-12(14)8-10-4-2-3-5-11(10)16-9-15/h2-7,9H,8H2,1H3. The van der Waals surface area contributed by atoms with Gasteiger partial charge >= 0.3 is 0 Å². The lowest BCUT2D eigenvalue weighted by molar-refractivity contribution is -0.120. The van der Waals surface area contributed by atoms with Crippen LogP contribution in [-0.2, 0) is 18.3 Å². The molecule has 1 aromatic carbocycles. The number of aryl methyl sites for hydroxylation is 1. The van der Waals surface area contributed by atoms with Gasteiger partial charge in [-0.2, -0.15) is 0 Å². The fraction of sp³-hybridized carbons (Fsp3) is 0.167. The maximum atomic E-state index is 10.4. The number of hydrogen-bond acceptors (Lipinski definition) is 3. The lowest BCUT2D eigenvalue weighted by Gasteiger charge is -2.06. The molecule has 0 radical (unpaired) electrons. The Kier molecular flexibility index (Phi) is 3.00. The quantitative estimate of drug-likeness (QED) is 0.728. The number of hydrogen-bond donors (Lipinski definition) is 0. The summed E-state index contributed by atoms with van der Waals surface area (Å²) in [6, 6.07) is 7.44. The highest BCUT2D eigenvalue weighted by Crippen LogP contribution is 2.19. The van der Waals surface area contributed by atoms with Gasteiger partial charge in [0.15, 0.2) is 0 Å². The highest BCUT2D eigenvalue weighted by molar-refractivity contribution is 5.48. The number of carbonyl (C=O) groups is 1. The van der Waals surface area contributed by atoms with Gasteiger partial charge in [-0.3, -0.25) is 4.79 Å². The van der Waals surface area contributed by atoms with E-state index in [0.29, 0.717) is 18.6 Å². The second kappa shape index (κ2) is 4.61. The Morgan fingerprint density at radius 3 is 2.94 bits per heavy atom. The summed E-state index contributed by atoms with van der Waals surface area (Å²) >= 11 is 0. The molecule has 16 heavy (non-hydrogen) atoms. The number of ether oxygens (including phenoxy) is 1. The van der Waals surface area contributed by atoms with Gasteiger partial charge < -0.3 is 9.30 Å². The van der Waals surface area contributed by atoms with Crippen molar-refractivity contribution in [3.8, 4) is 5.75 Å². The Bertz CT molecular complexity index is 491. The van der Waals surface area contributed by atoms with Crippen LogP contribution in [0.1, 0.15) is 11.4 Å². The minimum Gasteiger partial charge on any atom is -0.428 e. The third kappa shape index (κ3) is 2.11. The first-order valence-corrected chi connectivity index (χ1v) is 4.95. The van der Waals surface area contributed by atoms with Crippen molar-refractivity contribution in [3.05, 3.63) is 48.0 Å². The second-order valence-electron chi connectivity index (χ2n) is 3.45. The SMILES string of the molecule is Cn1ccnc1Cc1ccccc1OC=O. The van der Waals surface area contributed by atoms with Crippen LogP contribution in [0.4, 0.5) is 0 Å². The van der Waals surface area contributed by atoms with E-state index >= 15 is 0 Å². The third-order valence-electron chi connectivity index (χ3n) is 2.42. The Labute approximate surface area is 93.5 Å². The van der Waals surface area contributed by atoms with Gasteiger partial charge in [0.1, 0.15) is 11.6 Å². The van der Waals surface area contributed by atoms with Crippen LogP contribution in [0, 0.1) is 0 Å². The van der Waals surface area contributed by atoms with Crippen molar-refractivity contribution in [1.29, 1.82) is 0 Å². The molecule has 0 amide bonds. The number of benzene rings is 1. The Morgan fingerprint density at radius 2 is 2.25 bits per heavy atom. The topological polar surface area (TPSA) is 44.1 Å². The van der Waals surface area contributed by atoms with Gasteiger partial charge in [0.25, 0.3) is 6.47 Å². The summed E-state index contributed by atoms with van der Waals surface area (Å²) < 4.78 is 6.85. The summed E-state index contributed by atoms with van der Waals surface area (Å²) in [4.78, 5) is 14.6. The minimum atomic E-state index is 0.442. The van der Waals surface area contributed by atoms with Gasteiger partial charge in [0, 0.05) is 31.4 Å². The van der Waals surface area contributed by atoms with Crippen LogP contribution in [0.2, 0.25) is 0 Å². The van der Waals surface area contributed by atoms with Crippen molar-refractivity contribution in [1.82, 2.24) is 9.55 Å². The van der Waals surface area contributed by atoms with Crippen molar-refractivity contribution in [2.45, 2.75) is 6.42 Å². The highest BCUT2D eigenvalue weighted by atomic mass is 16.5. The monoisotopic (exact) mass is 216 g/mol. The molecule has 0 N–H and O–H groups in total. The molecule has 0 saturated carbocycles. The molecule has 2 aromatic rings. The summed E-state index contributed by atoms with van der Waals surface area (Å²) in [5.41, 5.74) is 0.948. The number of para-hydroxylation sites is 1. The zero-order valence-electron chi connectivity index (χ0n) is 8.96. The van der Waals surface area contributed by atoms with E-state index in [0.717, 1.165) is 11.4 Å². The van der Waals surface area contributed by atoms with Gasteiger partial charge in [-0.15, -0.1) is 0 Å². The first-order chi connectivity index (χ1) is 7.81. The molecule has 0 bridgehead atoms. The maximum Gasteiger partial charge on any atom is 0.298 e. The Morgan fingerprint density at radius 1 is 1.44 bits per heavy atom. The molecule has 1 heterocycles. The first kappa shape index (κ1) is 10.4. The number of imidazole rings is 1. The van der Waals surface area contributed by atoms with Crippen LogP contribution in [0.25, 0.3) is 0 Å². The van der Waals surface area contributed by atoms with Crippen LogP contribution < -0.4 is 4.74 Å². The van der Waals surface area contributed by atoms with Gasteiger partial charge in [0.05, 0.1) is 0 Å². The lowest BCUT2D eigenvalue weighted by Crippen LogP contribution is -2.01. The third-order valence-corrected chi connectivity index (χ3v) is 2.42. The van der Waals surface area contributed by atoms with Gasteiger partial charge in [0.2, 0.25) is 0 Å². The second-order valence-corrected chi connectivity index (χ2v) is 3.45. The highest BCUT2D eigenvalue weighted by Gasteiger charge is 2.06. The molecule has 4 nitrogen and oxygen atoms in total. The molecule has 2 rings (SSSR count). The molecule has 0 aliphatic rings. The fourth-order valence-electron chi connectivity index (χ4n) is 1.55. The summed E-state index contributed by atoms with van der Waals surface area (Å²) in [5.74, 6) is 1.52. The molecule has 0 spiro atoms. The zero-order valence-corrected chi connectivity index (χ0v) is 8.96. The van der Waals surface area contributed by atoms with E-state index in [1.54, 1.807) is 12.3 Å². The fourth-order valence-corrected chi connectivity index (χ4v) is 1.55. The van der Waals surface area contributed by atoms with E-state index in [1.165, 1.54) is 0 Å². The van der Waals surface area contributed by atoms with E-state index in [1.807, 2.05) is 36.0 Å². The number of rotatable bonds is 4. The van der Waals surface area contributed by atoms with E-state index in [2.05, 4.69) is 4.98 Å². The van der Waals surface area contributed by atoms with Crippen molar-refractivity contribution in [2.24, 2.45) is 7.05 Å². The maximum absolute atomic E-state index is 10.4. The summed E-state index contributed by atoms with van der Waals surface area (Å²) in [6.07, 6.45) is 4.28. The number of aromatic nitrogens is 2. The van der Waals surface area contributed by atoms with Crippen molar-refractivity contribution in [2.75, 3.05) is 0 Å². The summed E-state index contributed by atoms with van der Waals surface area (Å²) in [7, 11) is 1.94. The Balaban J connectivity index is 2.27. The molecule has 0 unspecified atom stereocenters. The largest absolute Gasteiger partial charge is 0.428 e. The molecule has 82 valence electrons. The van der Waals surface area contributed by atoms with E-state index < -0.39 is 0 Å². The van der Waals surface area contributed by atoms with Crippen molar-refractivity contribution < 1.29 is 9.53 Å². The zero-order chi connectivity index (χ0) is 11.4. The average Bonchev–Trinajstić information content (AvgIpc) is 2.68. The summed E-state index contributed by atoms with van der Waals surface area (Å²) in [5, 5.41) is 0. The molecule has 0 aliphatic carbocycles. The molecule has 0 saturated heterocycles. The predicted octanol–water partition coefficient (Wildman–Crippen LogP) is 1.55. The Hall–Kier alpha value is -2.10. The van der Waals surface area contributed by atoms with Crippen molar-refractivity contribution in [3.63, 3.8) is 0 Å². The van der Waals surface area contributed by atoms with Crippen LogP contribution in [0.5, 0.6) is 5.75 Å². The lowest BCUT2D eigenvalue weighted by atomic mass is 10.1. The van der Waals surface area contributed by atoms with Gasteiger partial charge in [-0.1, -0.05) is 18.2 Å². The van der Waals surface area contributed by atoms with Gasteiger partial charge in [-0.05, 0) is 6.07 Å². The molecular weight excluding hydrogens is 204 g/mol. The molecule has 4 heteroatoms. The normalized spacial score (nSPS) is 10.1. The predicted molar refractivity (Wildman–Crippen MR) is 59.1 cm³/mol. The van der Waals surface area contributed by atoms with Crippen molar-refractivity contribution >= 4 is 6.47 Å². The first-order valence-electron chi connectivity index (χ1n) is 4.95. The number of carbonyl (C=O) groups excluding carboxylic acids is 1. The average molecular weight is 216 g/mol. The molecular formula is C12H12N2O2. The van der Waals surface area contributed by atoms with E-state index in [9.17, 15) is 4.79 Å². The molecule has 0 fully saturated rings. The van der Waals surface area contributed by atoms with Gasteiger partial charge in [-0.25, -0.2) is 4.98 Å². The van der Waals surface area contributed by atoms with Crippen LogP contribution in [0.3, 0.4) is 0 Å². The van der Waals surface area contributed by atoms with E-state index in [4.69, 9.17) is 4.74 Å². The van der Waals surface area contributed by atoms with Crippen LogP contribution in [0.15, 0.2) is 36.7 Å². The number of nitrogens with zero attached hydrogens (tertiary/aromatic N) is 2. The minimum absolute atomic E-state index is 0.442. The summed E-state index contributed by atoms with van der Waals surface area (Å²) in [6.45, 7) is 0.442.